The van der Waals surface area contributed by atoms with Crippen LogP contribution in [0.5, 0.6) is 23.0 Å². The Morgan fingerprint density at radius 1 is 0.844 bits per heavy atom. The second-order valence-electron chi connectivity index (χ2n) is 8.34. The summed E-state index contributed by atoms with van der Waals surface area (Å²) in [6.07, 6.45) is 0. The van der Waals surface area contributed by atoms with Crippen molar-refractivity contribution in [2.75, 3.05) is 25.5 Å². The Bertz CT molecular complexity index is 1230. The van der Waals surface area contributed by atoms with Gasteiger partial charge in [-0.2, -0.15) is 0 Å². The van der Waals surface area contributed by atoms with Gasteiger partial charge in [-0.15, -0.1) is 11.3 Å². The number of benzene rings is 2. The summed E-state index contributed by atoms with van der Waals surface area (Å²) in [5.41, 5.74) is 3.14. The van der Waals surface area contributed by atoms with Gasteiger partial charge in [0.2, 0.25) is 13.6 Å². The summed E-state index contributed by atoms with van der Waals surface area (Å²) in [7, 11) is 0. The first kappa shape index (κ1) is 18.2. The van der Waals surface area contributed by atoms with E-state index in [2.05, 4.69) is 11.4 Å². The monoisotopic (exact) mass is 449 g/mol. The second kappa shape index (κ2) is 6.80. The van der Waals surface area contributed by atoms with Crippen LogP contribution in [-0.2, 0) is 9.53 Å². The van der Waals surface area contributed by atoms with Gasteiger partial charge in [-0.3, -0.25) is 4.79 Å². The third kappa shape index (κ3) is 2.62. The van der Waals surface area contributed by atoms with Crippen molar-refractivity contribution in [3.05, 3.63) is 64.5 Å². The molecule has 4 aliphatic rings. The van der Waals surface area contributed by atoms with Crippen molar-refractivity contribution in [1.82, 2.24) is 0 Å². The molecule has 7 rings (SSSR count). The molecular weight excluding hydrogens is 430 g/mol. The van der Waals surface area contributed by atoms with Gasteiger partial charge < -0.3 is 29.0 Å². The Kier molecular flexibility index (Phi) is 3.87. The molecule has 162 valence electrons. The van der Waals surface area contributed by atoms with Gasteiger partial charge in [0.05, 0.1) is 23.6 Å². The third-order valence-electron chi connectivity index (χ3n) is 6.76. The average molecular weight is 449 g/mol. The number of thiophene rings is 1. The summed E-state index contributed by atoms with van der Waals surface area (Å²) >= 11 is 1.64. The summed E-state index contributed by atoms with van der Waals surface area (Å²) in [5, 5.41) is 6.75. The van der Waals surface area contributed by atoms with E-state index in [1.54, 1.807) is 11.3 Å². The highest BCUT2D eigenvalue weighted by Crippen LogP contribution is 2.55. The molecule has 0 bridgehead atoms. The van der Waals surface area contributed by atoms with Crippen LogP contribution in [0.15, 0.2) is 47.8 Å². The van der Waals surface area contributed by atoms with Crippen LogP contribution in [0, 0.1) is 11.8 Å². The molecule has 1 fully saturated rings. The average Bonchev–Trinajstić information content (AvgIpc) is 3.60. The summed E-state index contributed by atoms with van der Waals surface area (Å²) in [6.45, 7) is 0.784. The normalized spacial score (nSPS) is 26.4. The minimum atomic E-state index is -0.319. The number of anilines is 1. The highest BCUT2D eigenvalue weighted by atomic mass is 32.1. The number of esters is 1. The maximum absolute atomic E-state index is 13.1. The van der Waals surface area contributed by atoms with E-state index in [1.165, 1.54) is 0 Å². The summed E-state index contributed by atoms with van der Waals surface area (Å²) in [4.78, 5) is 13.1. The molecule has 32 heavy (non-hydrogen) atoms. The Morgan fingerprint density at radius 3 is 2.38 bits per heavy atom. The van der Waals surface area contributed by atoms with Crippen molar-refractivity contribution >= 4 is 22.3 Å². The van der Waals surface area contributed by atoms with Crippen LogP contribution in [0.2, 0.25) is 0 Å². The fourth-order valence-electron chi connectivity index (χ4n) is 5.37. The van der Waals surface area contributed by atoms with Crippen molar-refractivity contribution in [2.45, 2.75) is 12.0 Å². The van der Waals surface area contributed by atoms with E-state index in [9.17, 15) is 4.79 Å². The lowest BCUT2D eigenvalue weighted by Crippen LogP contribution is -2.37. The number of cyclic esters (lactones) is 1. The number of hydrogen-bond donors (Lipinski definition) is 1. The minimum absolute atomic E-state index is 0.0205. The lowest BCUT2D eigenvalue weighted by molar-refractivity contribution is -0.141. The Labute approximate surface area is 187 Å². The van der Waals surface area contributed by atoms with E-state index < -0.39 is 0 Å². The standard InChI is InChI=1S/C24H19NO6S/c26-24-22-15(9-27-24)23(25-20-2-1-5-32-20)14-8-19-18(30-11-31-19)7-13(14)21(22)12-3-4-16-17(6-12)29-10-28-16/h1-8,15,21-23,25H,9-11H2/t15-,21-,22-,23+/m0/s1. The SMILES string of the molecule is O=C1OC[C@H]2[C@H]1[C@@H](c1ccc3c(c1)OCO3)c1cc3c(cc1[C@H]2Nc1cccs1)OCO3. The van der Waals surface area contributed by atoms with Crippen LogP contribution in [0.3, 0.4) is 0 Å². The summed E-state index contributed by atoms with van der Waals surface area (Å²) < 4.78 is 28.2. The molecule has 3 aliphatic heterocycles. The molecule has 1 saturated heterocycles. The second-order valence-corrected chi connectivity index (χ2v) is 9.29. The molecule has 1 aliphatic carbocycles. The van der Waals surface area contributed by atoms with E-state index >= 15 is 0 Å². The first-order valence-electron chi connectivity index (χ1n) is 10.6. The van der Waals surface area contributed by atoms with E-state index in [-0.39, 0.29) is 43.4 Å². The fraction of sp³-hybridized carbons (Fsp3) is 0.292. The number of ether oxygens (including phenoxy) is 5. The Hall–Kier alpha value is -3.39. The largest absolute Gasteiger partial charge is 0.465 e. The fourth-order valence-corrected chi connectivity index (χ4v) is 6.02. The number of carbonyl (C=O) groups is 1. The van der Waals surface area contributed by atoms with Crippen LogP contribution in [0.25, 0.3) is 0 Å². The van der Waals surface area contributed by atoms with Crippen molar-refractivity contribution in [1.29, 1.82) is 0 Å². The van der Waals surface area contributed by atoms with Crippen molar-refractivity contribution < 1.29 is 28.5 Å². The predicted molar refractivity (Wildman–Crippen MR) is 116 cm³/mol. The molecule has 0 radical (unpaired) electrons. The molecule has 4 heterocycles. The Morgan fingerprint density at radius 2 is 1.59 bits per heavy atom. The van der Waals surface area contributed by atoms with Crippen LogP contribution in [0.1, 0.15) is 28.7 Å². The molecule has 7 nitrogen and oxygen atoms in total. The van der Waals surface area contributed by atoms with Gasteiger partial charge in [-0.1, -0.05) is 6.07 Å². The van der Waals surface area contributed by atoms with Gasteiger partial charge in [0.1, 0.15) is 0 Å². The lowest BCUT2D eigenvalue weighted by atomic mass is 9.65. The molecule has 0 saturated carbocycles. The summed E-state index contributed by atoms with van der Waals surface area (Å²) in [6, 6.07) is 14.0. The number of nitrogens with one attached hydrogen (secondary N) is 1. The quantitative estimate of drug-likeness (QED) is 0.598. The smallest absolute Gasteiger partial charge is 0.310 e. The minimum Gasteiger partial charge on any atom is -0.465 e. The first-order chi connectivity index (χ1) is 15.8. The third-order valence-corrected chi connectivity index (χ3v) is 7.56. The number of carbonyl (C=O) groups excluding carboxylic acids is 1. The van der Waals surface area contributed by atoms with Crippen LogP contribution in [-0.4, -0.2) is 26.2 Å². The molecule has 1 N–H and O–H groups in total. The van der Waals surface area contributed by atoms with Crippen LogP contribution >= 0.6 is 11.3 Å². The predicted octanol–water partition coefficient (Wildman–Crippen LogP) is 4.29. The molecule has 8 heteroatoms. The van der Waals surface area contributed by atoms with E-state index in [4.69, 9.17) is 23.7 Å². The molecule has 4 atom stereocenters. The molecule has 3 aromatic rings. The zero-order chi connectivity index (χ0) is 21.2. The number of fused-ring (bicyclic) bond motifs is 4. The molecule has 0 unspecified atom stereocenters. The van der Waals surface area contributed by atoms with Crippen LogP contribution in [0.4, 0.5) is 5.00 Å². The van der Waals surface area contributed by atoms with Crippen molar-refractivity contribution in [2.24, 2.45) is 11.8 Å². The van der Waals surface area contributed by atoms with Crippen LogP contribution < -0.4 is 24.3 Å². The van der Waals surface area contributed by atoms with E-state index in [1.807, 2.05) is 41.8 Å². The zero-order valence-corrected chi connectivity index (χ0v) is 17.7. The Balaban J connectivity index is 1.42. The number of rotatable bonds is 3. The molecule has 2 aromatic carbocycles. The molecule has 0 spiro atoms. The van der Waals surface area contributed by atoms with Crippen molar-refractivity contribution in [3.8, 4) is 23.0 Å². The van der Waals surface area contributed by atoms with Gasteiger partial charge in [0.15, 0.2) is 23.0 Å². The van der Waals surface area contributed by atoms with Crippen molar-refractivity contribution in [3.63, 3.8) is 0 Å². The van der Waals surface area contributed by atoms with Gasteiger partial charge in [-0.05, 0) is 58.5 Å². The topological polar surface area (TPSA) is 75.3 Å². The van der Waals surface area contributed by atoms with Gasteiger partial charge >= 0.3 is 5.97 Å². The highest BCUT2D eigenvalue weighted by Gasteiger charge is 2.52. The maximum Gasteiger partial charge on any atom is 0.310 e. The maximum atomic E-state index is 13.1. The van der Waals surface area contributed by atoms with E-state index in [0.717, 1.165) is 33.2 Å². The van der Waals surface area contributed by atoms with Gasteiger partial charge in [0, 0.05) is 11.8 Å². The number of hydrogen-bond acceptors (Lipinski definition) is 8. The lowest BCUT2D eigenvalue weighted by Gasteiger charge is -2.39. The van der Waals surface area contributed by atoms with Gasteiger partial charge in [-0.25, -0.2) is 0 Å². The molecule has 1 aromatic heterocycles. The molecular formula is C24H19NO6S. The molecule has 0 amide bonds. The first-order valence-corrected chi connectivity index (χ1v) is 11.4. The zero-order valence-electron chi connectivity index (χ0n) is 16.9. The summed E-state index contributed by atoms with van der Waals surface area (Å²) in [5.74, 6) is 2.16. The highest BCUT2D eigenvalue weighted by molar-refractivity contribution is 7.14. The van der Waals surface area contributed by atoms with Gasteiger partial charge in [0.25, 0.3) is 0 Å². The van der Waals surface area contributed by atoms with E-state index in [0.29, 0.717) is 18.1 Å².